The number of hydrogen-bond donors (Lipinski definition) is 2. The van der Waals surface area contributed by atoms with Crippen molar-refractivity contribution in [1.82, 2.24) is 5.32 Å². The Balaban J connectivity index is 2.68. The predicted molar refractivity (Wildman–Crippen MR) is 84.0 cm³/mol. The van der Waals surface area contributed by atoms with E-state index in [2.05, 4.69) is 0 Å². The molecule has 0 heterocycles. The number of ether oxygens (including phenoxy) is 2. The van der Waals surface area contributed by atoms with E-state index in [9.17, 15) is 14.4 Å². The summed E-state index contributed by atoms with van der Waals surface area (Å²) in [6, 6.07) is 5.43. The topological polar surface area (TPSA) is 108 Å². The number of urea groups is 1. The third kappa shape index (κ3) is 6.15. The zero-order chi connectivity index (χ0) is 17.6. The lowest BCUT2D eigenvalue weighted by atomic mass is 10.1. The van der Waals surface area contributed by atoms with Crippen molar-refractivity contribution >= 4 is 29.5 Å². The molecule has 0 aromatic heterocycles. The van der Waals surface area contributed by atoms with Crippen LogP contribution in [0.5, 0.6) is 5.75 Å². The number of amides is 3. The van der Waals surface area contributed by atoms with Crippen molar-refractivity contribution in [3.8, 4) is 5.75 Å². The molecule has 7 nitrogen and oxygen atoms in total. The van der Waals surface area contributed by atoms with Gasteiger partial charge in [-0.25, -0.2) is 9.59 Å². The van der Waals surface area contributed by atoms with Crippen LogP contribution in [0.25, 0.3) is 0 Å². The van der Waals surface area contributed by atoms with Gasteiger partial charge in [0.2, 0.25) is 0 Å². The second-order valence-electron chi connectivity index (χ2n) is 5.17. The van der Waals surface area contributed by atoms with Crippen LogP contribution >= 0.6 is 11.6 Å². The highest BCUT2D eigenvalue weighted by Gasteiger charge is 2.30. The molecule has 0 saturated heterocycles. The number of hydrogen-bond acceptors (Lipinski definition) is 5. The highest BCUT2D eigenvalue weighted by atomic mass is 35.5. The Hall–Kier alpha value is -2.28. The highest BCUT2D eigenvalue weighted by molar-refractivity contribution is 6.30. The van der Waals surface area contributed by atoms with Crippen LogP contribution < -0.4 is 15.8 Å². The normalized spacial score (nSPS) is 13.1. The van der Waals surface area contributed by atoms with Gasteiger partial charge in [-0.05, 0) is 37.1 Å². The molecule has 2 atom stereocenters. The average molecular weight is 343 g/mol. The third-order valence-electron chi connectivity index (χ3n) is 2.81. The summed E-state index contributed by atoms with van der Waals surface area (Å²) < 4.78 is 10.5. The molecule has 0 aliphatic rings. The number of nitrogens with two attached hydrogens (primary N) is 1. The molecule has 8 heteroatoms. The van der Waals surface area contributed by atoms with Gasteiger partial charge in [0.25, 0.3) is 5.91 Å². The number of benzene rings is 1. The van der Waals surface area contributed by atoms with Gasteiger partial charge in [0.15, 0.2) is 12.2 Å². The van der Waals surface area contributed by atoms with E-state index in [1.807, 2.05) is 5.32 Å². The predicted octanol–water partition coefficient (Wildman–Crippen LogP) is 1.87. The number of nitrogens with one attached hydrogen (secondary N) is 1. The number of carbonyl (C=O) groups is 3. The molecule has 0 unspecified atom stereocenters. The molecule has 126 valence electrons. The van der Waals surface area contributed by atoms with Crippen molar-refractivity contribution < 1.29 is 23.9 Å². The van der Waals surface area contributed by atoms with Gasteiger partial charge >= 0.3 is 12.0 Å². The molecule has 0 saturated carbocycles. The summed E-state index contributed by atoms with van der Waals surface area (Å²) in [4.78, 5) is 34.6. The van der Waals surface area contributed by atoms with E-state index in [0.29, 0.717) is 10.8 Å². The van der Waals surface area contributed by atoms with Crippen molar-refractivity contribution in [3.63, 3.8) is 0 Å². The van der Waals surface area contributed by atoms with Gasteiger partial charge in [-0.2, -0.15) is 0 Å². The minimum Gasteiger partial charge on any atom is -0.479 e. The number of imide groups is 1. The van der Waals surface area contributed by atoms with Crippen LogP contribution in [-0.4, -0.2) is 30.1 Å². The average Bonchev–Trinajstić information content (AvgIpc) is 2.45. The van der Waals surface area contributed by atoms with Crippen LogP contribution in [0.1, 0.15) is 20.8 Å². The van der Waals surface area contributed by atoms with Crippen molar-refractivity contribution in [2.24, 2.45) is 11.7 Å². The van der Waals surface area contributed by atoms with Crippen LogP contribution in [-0.2, 0) is 14.3 Å². The van der Waals surface area contributed by atoms with Gasteiger partial charge in [0, 0.05) is 5.02 Å². The fourth-order valence-electron chi connectivity index (χ4n) is 1.67. The minimum absolute atomic E-state index is 0.346. The maximum Gasteiger partial charge on any atom is 0.347 e. The Morgan fingerprint density at radius 2 is 1.70 bits per heavy atom. The quantitative estimate of drug-likeness (QED) is 0.767. The molecule has 0 aliphatic heterocycles. The second-order valence-corrected chi connectivity index (χ2v) is 5.61. The second kappa shape index (κ2) is 8.38. The molecular formula is C15H19ClN2O5. The molecule has 23 heavy (non-hydrogen) atoms. The first-order valence-corrected chi connectivity index (χ1v) is 7.31. The number of rotatable bonds is 6. The number of carbonyl (C=O) groups excluding carboxylic acids is 3. The van der Waals surface area contributed by atoms with E-state index in [-0.39, 0.29) is 5.92 Å². The third-order valence-corrected chi connectivity index (χ3v) is 3.06. The van der Waals surface area contributed by atoms with Crippen molar-refractivity contribution in [2.75, 3.05) is 0 Å². The number of halogens is 1. The van der Waals surface area contributed by atoms with Gasteiger partial charge in [0.1, 0.15) is 5.75 Å². The van der Waals surface area contributed by atoms with Gasteiger partial charge in [-0.1, -0.05) is 25.4 Å². The maximum absolute atomic E-state index is 12.0. The molecule has 3 N–H and O–H groups in total. The van der Waals surface area contributed by atoms with Crippen LogP contribution in [0.4, 0.5) is 4.79 Å². The summed E-state index contributed by atoms with van der Waals surface area (Å²) in [5.41, 5.74) is 4.89. The van der Waals surface area contributed by atoms with Crippen molar-refractivity contribution in [3.05, 3.63) is 29.3 Å². The standard InChI is InChI=1S/C15H19ClN2O5/c1-8(2)12(13(19)18-15(17)21)23-14(20)9(3)22-11-6-4-10(16)5-7-11/h4-9,12H,1-3H3,(H3,17,18,19,21)/t9-,12-/m1/s1. The SMILES string of the molecule is CC(C)[C@@H](OC(=O)[C@@H](C)Oc1ccc(Cl)cc1)C(=O)NC(N)=O. The fraction of sp³-hybridized carbons (Fsp3) is 0.400. The van der Waals surface area contributed by atoms with Crippen LogP contribution in [0.3, 0.4) is 0 Å². The molecule has 0 spiro atoms. The van der Waals surface area contributed by atoms with E-state index < -0.39 is 30.1 Å². The first-order valence-electron chi connectivity index (χ1n) is 6.93. The number of esters is 1. The fourth-order valence-corrected chi connectivity index (χ4v) is 1.80. The van der Waals surface area contributed by atoms with E-state index in [1.54, 1.807) is 38.1 Å². The summed E-state index contributed by atoms with van der Waals surface area (Å²) in [7, 11) is 0. The lowest BCUT2D eigenvalue weighted by Gasteiger charge is -2.22. The molecule has 0 aliphatic carbocycles. The monoisotopic (exact) mass is 342 g/mol. The summed E-state index contributed by atoms with van der Waals surface area (Å²) >= 11 is 5.76. The van der Waals surface area contributed by atoms with Gasteiger partial charge in [0.05, 0.1) is 0 Å². The molecule has 0 fully saturated rings. The summed E-state index contributed by atoms with van der Waals surface area (Å²) in [5, 5.41) is 2.43. The lowest BCUT2D eigenvalue weighted by Crippen LogP contribution is -2.46. The Bertz CT molecular complexity index is 574. The van der Waals surface area contributed by atoms with Crippen LogP contribution in [0.15, 0.2) is 24.3 Å². The first-order chi connectivity index (χ1) is 10.7. The van der Waals surface area contributed by atoms with E-state index in [0.717, 1.165) is 0 Å². The molecule has 3 amide bonds. The minimum atomic E-state index is -1.15. The molecule has 1 rings (SSSR count). The van der Waals surface area contributed by atoms with Gasteiger partial charge in [-0.3, -0.25) is 10.1 Å². The van der Waals surface area contributed by atoms with Crippen LogP contribution in [0, 0.1) is 5.92 Å². The zero-order valence-corrected chi connectivity index (χ0v) is 13.8. The summed E-state index contributed by atoms with van der Waals surface area (Å²) in [5.74, 6) is -1.43. The Labute approximate surface area is 139 Å². The summed E-state index contributed by atoms with van der Waals surface area (Å²) in [6.45, 7) is 4.83. The maximum atomic E-state index is 12.0. The van der Waals surface area contributed by atoms with E-state index in [1.165, 1.54) is 6.92 Å². The first kappa shape index (κ1) is 18.8. The molecule has 0 radical (unpaired) electrons. The molecule has 1 aromatic rings. The molecule has 0 bridgehead atoms. The number of primary amides is 1. The Morgan fingerprint density at radius 1 is 1.13 bits per heavy atom. The van der Waals surface area contributed by atoms with Crippen LogP contribution in [0.2, 0.25) is 5.02 Å². The largest absolute Gasteiger partial charge is 0.479 e. The smallest absolute Gasteiger partial charge is 0.347 e. The lowest BCUT2D eigenvalue weighted by molar-refractivity contribution is -0.164. The van der Waals surface area contributed by atoms with Crippen molar-refractivity contribution in [1.29, 1.82) is 0 Å². The summed E-state index contributed by atoms with van der Waals surface area (Å²) in [6.07, 6.45) is -2.09. The Morgan fingerprint density at radius 3 is 2.17 bits per heavy atom. The highest BCUT2D eigenvalue weighted by Crippen LogP contribution is 2.17. The van der Waals surface area contributed by atoms with Gasteiger partial charge in [-0.15, -0.1) is 0 Å². The molecular weight excluding hydrogens is 324 g/mol. The zero-order valence-electron chi connectivity index (χ0n) is 13.0. The van der Waals surface area contributed by atoms with Gasteiger partial charge < -0.3 is 15.2 Å². The van der Waals surface area contributed by atoms with E-state index >= 15 is 0 Å². The van der Waals surface area contributed by atoms with Crippen molar-refractivity contribution in [2.45, 2.75) is 33.0 Å². The van der Waals surface area contributed by atoms with E-state index in [4.69, 9.17) is 26.8 Å². The Kier molecular flexibility index (Phi) is 6.84. The molecule has 1 aromatic carbocycles.